The summed E-state index contributed by atoms with van der Waals surface area (Å²) in [6, 6.07) is 13.2. The molecule has 0 spiro atoms. The van der Waals surface area contributed by atoms with Crippen LogP contribution in [0.15, 0.2) is 46.9 Å². The molecule has 1 aliphatic heterocycles. The Morgan fingerprint density at radius 3 is 2.81 bits per heavy atom. The van der Waals surface area contributed by atoms with Crippen LogP contribution in [0, 0.1) is 0 Å². The second-order valence-corrected chi connectivity index (χ2v) is 7.32. The van der Waals surface area contributed by atoms with Crippen LogP contribution in [0.1, 0.15) is 30.9 Å². The summed E-state index contributed by atoms with van der Waals surface area (Å²) < 4.78 is 12.0. The van der Waals surface area contributed by atoms with Gasteiger partial charge in [-0.15, -0.1) is 0 Å². The maximum atomic E-state index is 12.0. The quantitative estimate of drug-likeness (QED) is 0.606. The predicted molar refractivity (Wildman–Crippen MR) is 106 cm³/mol. The van der Waals surface area contributed by atoms with Gasteiger partial charge >= 0.3 is 5.97 Å². The predicted octanol–water partition coefficient (Wildman–Crippen LogP) is 4.47. The van der Waals surface area contributed by atoms with Gasteiger partial charge in [0.2, 0.25) is 5.91 Å². The number of carbonyl (C=O) groups excluding carboxylic acids is 2. The van der Waals surface area contributed by atoms with Gasteiger partial charge in [0, 0.05) is 29.5 Å². The summed E-state index contributed by atoms with van der Waals surface area (Å²) >= 11 is 3.49. The van der Waals surface area contributed by atoms with Gasteiger partial charge in [-0.1, -0.05) is 28.1 Å². The van der Waals surface area contributed by atoms with Crippen LogP contribution in [-0.2, 0) is 27.3 Å². The minimum atomic E-state index is -0.258. The summed E-state index contributed by atoms with van der Waals surface area (Å²) in [5, 5.41) is 0. The lowest BCUT2D eigenvalue weighted by molar-refractivity contribution is -0.142. The molecule has 3 rings (SSSR count). The molecule has 1 saturated heterocycles. The van der Waals surface area contributed by atoms with Crippen LogP contribution in [0.2, 0.25) is 0 Å². The third-order valence-corrected chi connectivity index (χ3v) is 4.83. The number of hydrogen-bond donors (Lipinski definition) is 0. The number of halogens is 1. The highest BCUT2D eigenvalue weighted by molar-refractivity contribution is 9.10. The molecule has 1 aliphatic rings. The van der Waals surface area contributed by atoms with E-state index in [1.165, 1.54) is 0 Å². The normalized spacial score (nSPS) is 13.7. The Labute approximate surface area is 167 Å². The fourth-order valence-electron chi connectivity index (χ4n) is 3.07. The zero-order chi connectivity index (χ0) is 19.2. The molecule has 0 N–H and O–H groups in total. The van der Waals surface area contributed by atoms with Crippen LogP contribution in [0.4, 0.5) is 0 Å². The summed E-state index contributed by atoms with van der Waals surface area (Å²) in [4.78, 5) is 25.5. The Balaban J connectivity index is 1.77. The second kappa shape index (κ2) is 9.04. The third-order valence-electron chi connectivity index (χ3n) is 4.34. The molecule has 5 nitrogen and oxygen atoms in total. The Hall–Kier alpha value is -2.34. The Bertz CT molecular complexity index is 837. The number of amides is 1. The van der Waals surface area contributed by atoms with Crippen molar-refractivity contribution in [3.8, 4) is 11.5 Å². The van der Waals surface area contributed by atoms with Crippen LogP contribution >= 0.6 is 15.9 Å². The molecule has 0 saturated carbocycles. The highest BCUT2D eigenvalue weighted by atomic mass is 79.9. The van der Waals surface area contributed by atoms with Crippen LogP contribution in [0.25, 0.3) is 0 Å². The highest BCUT2D eigenvalue weighted by Gasteiger charge is 2.21. The van der Waals surface area contributed by atoms with E-state index < -0.39 is 0 Å². The molecule has 6 heteroatoms. The Kier molecular flexibility index (Phi) is 6.50. The van der Waals surface area contributed by atoms with Crippen LogP contribution in [0.3, 0.4) is 0 Å². The molecule has 0 unspecified atom stereocenters. The Morgan fingerprint density at radius 1 is 1.22 bits per heavy atom. The van der Waals surface area contributed by atoms with Crippen LogP contribution in [0.5, 0.6) is 11.5 Å². The molecule has 2 aromatic rings. The highest BCUT2D eigenvalue weighted by Crippen LogP contribution is 2.30. The van der Waals surface area contributed by atoms with Crippen molar-refractivity contribution in [1.82, 2.24) is 4.90 Å². The van der Waals surface area contributed by atoms with Crippen molar-refractivity contribution < 1.29 is 19.1 Å². The van der Waals surface area contributed by atoms with Gasteiger partial charge in [-0.3, -0.25) is 9.59 Å². The van der Waals surface area contributed by atoms with E-state index in [-0.39, 0.29) is 18.3 Å². The van der Waals surface area contributed by atoms with Crippen molar-refractivity contribution in [2.75, 3.05) is 13.2 Å². The van der Waals surface area contributed by atoms with Gasteiger partial charge < -0.3 is 14.4 Å². The molecule has 1 heterocycles. The standard InChI is InChI=1S/C21H22BrNO4/c1-2-26-21(25)12-15-5-3-6-18(11-15)27-19-9-8-17(22)13-16(19)14-23-10-4-7-20(23)24/h3,5-6,8-9,11,13H,2,4,7,10,12,14H2,1H3. The zero-order valence-electron chi connectivity index (χ0n) is 15.2. The van der Waals surface area contributed by atoms with E-state index in [0.717, 1.165) is 28.6 Å². The van der Waals surface area contributed by atoms with Crippen molar-refractivity contribution in [3.63, 3.8) is 0 Å². The number of likely N-dealkylation sites (tertiary alicyclic amines) is 1. The van der Waals surface area contributed by atoms with Gasteiger partial charge in [-0.05, 0) is 49.2 Å². The summed E-state index contributed by atoms with van der Waals surface area (Å²) in [6.07, 6.45) is 1.72. The first kappa shape index (κ1) is 19.4. The zero-order valence-corrected chi connectivity index (χ0v) is 16.8. The number of hydrogen-bond acceptors (Lipinski definition) is 4. The number of nitrogens with zero attached hydrogens (tertiary/aromatic N) is 1. The van der Waals surface area contributed by atoms with Gasteiger partial charge in [0.25, 0.3) is 0 Å². The Morgan fingerprint density at radius 2 is 2.07 bits per heavy atom. The molecule has 0 atom stereocenters. The van der Waals surface area contributed by atoms with Crippen molar-refractivity contribution in [2.45, 2.75) is 32.7 Å². The van der Waals surface area contributed by atoms with Gasteiger partial charge in [-0.25, -0.2) is 0 Å². The van der Waals surface area contributed by atoms with Crippen molar-refractivity contribution in [3.05, 3.63) is 58.1 Å². The molecule has 0 bridgehead atoms. The molecule has 0 aromatic heterocycles. The molecule has 142 valence electrons. The second-order valence-electron chi connectivity index (χ2n) is 6.40. The maximum absolute atomic E-state index is 12.0. The topological polar surface area (TPSA) is 55.8 Å². The molecule has 27 heavy (non-hydrogen) atoms. The molecular formula is C21H22BrNO4. The molecule has 1 amide bonds. The summed E-state index contributed by atoms with van der Waals surface area (Å²) in [6.45, 7) is 3.46. The van der Waals surface area contributed by atoms with Crippen LogP contribution < -0.4 is 4.74 Å². The van der Waals surface area contributed by atoms with E-state index >= 15 is 0 Å². The molecule has 1 fully saturated rings. The first-order valence-corrected chi connectivity index (χ1v) is 9.83. The number of carbonyl (C=O) groups is 2. The first-order valence-electron chi connectivity index (χ1n) is 9.04. The van der Waals surface area contributed by atoms with E-state index in [9.17, 15) is 9.59 Å². The maximum Gasteiger partial charge on any atom is 0.310 e. The minimum absolute atomic E-state index is 0.178. The minimum Gasteiger partial charge on any atom is -0.466 e. The molecule has 0 radical (unpaired) electrons. The number of rotatable bonds is 7. The van der Waals surface area contributed by atoms with E-state index in [0.29, 0.717) is 31.1 Å². The lowest BCUT2D eigenvalue weighted by atomic mass is 10.1. The fourth-order valence-corrected chi connectivity index (χ4v) is 3.48. The molecule has 0 aliphatic carbocycles. The fraction of sp³-hybridized carbons (Fsp3) is 0.333. The summed E-state index contributed by atoms with van der Waals surface area (Å²) in [7, 11) is 0. The van der Waals surface area contributed by atoms with Gasteiger partial charge in [-0.2, -0.15) is 0 Å². The summed E-state index contributed by atoms with van der Waals surface area (Å²) in [5.74, 6) is 1.27. The van der Waals surface area contributed by atoms with E-state index in [1.807, 2.05) is 47.4 Å². The number of esters is 1. The summed E-state index contributed by atoms with van der Waals surface area (Å²) in [5.41, 5.74) is 1.77. The monoisotopic (exact) mass is 431 g/mol. The smallest absolute Gasteiger partial charge is 0.310 e. The van der Waals surface area contributed by atoms with E-state index in [1.54, 1.807) is 6.92 Å². The largest absolute Gasteiger partial charge is 0.466 e. The molecular weight excluding hydrogens is 410 g/mol. The van der Waals surface area contributed by atoms with Crippen molar-refractivity contribution in [2.24, 2.45) is 0 Å². The van der Waals surface area contributed by atoms with Crippen LogP contribution in [-0.4, -0.2) is 29.9 Å². The van der Waals surface area contributed by atoms with Crippen molar-refractivity contribution in [1.29, 1.82) is 0 Å². The van der Waals surface area contributed by atoms with Gasteiger partial charge in [0.15, 0.2) is 0 Å². The third kappa shape index (κ3) is 5.32. The lowest BCUT2D eigenvalue weighted by Crippen LogP contribution is -2.24. The number of benzene rings is 2. The number of ether oxygens (including phenoxy) is 2. The average Bonchev–Trinajstić information content (AvgIpc) is 3.03. The lowest BCUT2D eigenvalue weighted by Gasteiger charge is -2.19. The molecule has 2 aromatic carbocycles. The average molecular weight is 432 g/mol. The SMILES string of the molecule is CCOC(=O)Cc1cccc(Oc2ccc(Br)cc2CN2CCCC2=O)c1. The van der Waals surface area contributed by atoms with E-state index in [2.05, 4.69) is 15.9 Å². The first-order chi connectivity index (χ1) is 13.0. The van der Waals surface area contributed by atoms with Gasteiger partial charge in [0.1, 0.15) is 11.5 Å². The van der Waals surface area contributed by atoms with E-state index in [4.69, 9.17) is 9.47 Å². The van der Waals surface area contributed by atoms with Gasteiger partial charge in [0.05, 0.1) is 13.0 Å². The van der Waals surface area contributed by atoms with Crippen molar-refractivity contribution >= 4 is 27.8 Å².